The van der Waals surface area contributed by atoms with Gasteiger partial charge in [-0.05, 0) is 54.2 Å². The average Bonchev–Trinajstić information content (AvgIpc) is 2.64. The molecule has 3 heteroatoms. The van der Waals surface area contributed by atoms with E-state index < -0.39 is 17.5 Å². The van der Waals surface area contributed by atoms with Gasteiger partial charge in [0.25, 0.3) is 0 Å². The van der Waals surface area contributed by atoms with Gasteiger partial charge >= 0.3 is 0 Å². The third-order valence-electron chi connectivity index (χ3n) is 6.97. The molecule has 0 saturated heterocycles. The Morgan fingerprint density at radius 1 is 0.692 bits per heavy atom. The molecular weight excluding hydrogens is 333 g/mol. The van der Waals surface area contributed by atoms with Gasteiger partial charge in [0.05, 0.1) is 0 Å². The van der Waals surface area contributed by atoms with E-state index in [-0.39, 0.29) is 0 Å². The van der Waals surface area contributed by atoms with Crippen LogP contribution in [0.4, 0.5) is 13.2 Å². The second-order valence-corrected chi connectivity index (χ2v) is 9.00. The first kappa shape index (κ1) is 19.8. The predicted molar refractivity (Wildman–Crippen MR) is 100 cm³/mol. The topological polar surface area (TPSA) is 0 Å². The Hall–Kier alpha value is -0.990. The lowest BCUT2D eigenvalue weighted by Crippen LogP contribution is -2.18. The highest BCUT2D eigenvalue weighted by Crippen LogP contribution is 2.37. The Kier molecular flexibility index (Phi) is 7.05. The molecule has 2 aliphatic rings. The summed E-state index contributed by atoms with van der Waals surface area (Å²) in [5.41, 5.74) is 0.579. The van der Waals surface area contributed by atoms with Crippen LogP contribution in [-0.4, -0.2) is 0 Å². The van der Waals surface area contributed by atoms with E-state index in [1.165, 1.54) is 64.2 Å². The zero-order chi connectivity index (χ0) is 18.5. The summed E-state index contributed by atoms with van der Waals surface area (Å²) in [5.74, 6) is -0.0653. The Morgan fingerprint density at radius 2 is 1.12 bits per heavy atom. The van der Waals surface area contributed by atoms with E-state index >= 15 is 0 Å². The van der Waals surface area contributed by atoms with E-state index in [0.29, 0.717) is 17.9 Å². The maximum absolute atomic E-state index is 13.3. The number of rotatable bonds is 6. The monoisotopic (exact) mass is 366 g/mol. The fraction of sp³-hybridized carbons (Fsp3) is 0.739. The van der Waals surface area contributed by atoms with E-state index in [4.69, 9.17) is 0 Å². The van der Waals surface area contributed by atoms with Crippen LogP contribution in [0.5, 0.6) is 0 Å². The van der Waals surface area contributed by atoms with Crippen molar-refractivity contribution in [1.82, 2.24) is 0 Å². The number of aryl methyl sites for hydroxylation is 1. The average molecular weight is 367 g/mol. The van der Waals surface area contributed by atoms with Crippen LogP contribution in [0.25, 0.3) is 0 Å². The molecule has 2 saturated carbocycles. The van der Waals surface area contributed by atoms with Crippen LogP contribution < -0.4 is 0 Å². The summed E-state index contributed by atoms with van der Waals surface area (Å²) in [7, 11) is 0. The van der Waals surface area contributed by atoms with E-state index in [1.807, 2.05) is 0 Å². The zero-order valence-corrected chi connectivity index (χ0v) is 16.1. The van der Waals surface area contributed by atoms with Crippen molar-refractivity contribution < 1.29 is 13.2 Å². The molecule has 0 aliphatic heterocycles. The molecule has 0 radical (unpaired) electrons. The van der Waals surface area contributed by atoms with E-state index in [1.54, 1.807) is 0 Å². The van der Waals surface area contributed by atoms with Crippen molar-refractivity contribution in [2.75, 3.05) is 0 Å². The van der Waals surface area contributed by atoms with Crippen molar-refractivity contribution in [3.63, 3.8) is 0 Å². The lowest BCUT2D eigenvalue weighted by atomic mass is 9.75. The first-order valence-corrected chi connectivity index (χ1v) is 10.6. The molecule has 0 amide bonds. The van der Waals surface area contributed by atoms with Gasteiger partial charge in [-0.2, -0.15) is 0 Å². The van der Waals surface area contributed by atoms with Gasteiger partial charge in [-0.1, -0.05) is 71.1 Å². The maximum Gasteiger partial charge on any atom is 0.194 e. The second-order valence-electron chi connectivity index (χ2n) is 9.00. The van der Waals surface area contributed by atoms with Gasteiger partial charge in [-0.15, -0.1) is 0 Å². The summed E-state index contributed by atoms with van der Waals surface area (Å²) in [6, 6.07) is 2.30. The molecule has 0 N–H and O–H groups in total. The summed E-state index contributed by atoms with van der Waals surface area (Å²) >= 11 is 0. The normalized spacial score (nSPS) is 29.7. The molecule has 1 aromatic rings. The van der Waals surface area contributed by atoms with Gasteiger partial charge in [-0.25, -0.2) is 13.2 Å². The van der Waals surface area contributed by atoms with E-state index in [9.17, 15) is 13.2 Å². The lowest BCUT2D eigenvalue weighted by molar-refractivity contribution is 0.217. The minimum absolute atomic E-state index is 0.579. The number of hydrogen-bond acceptors (Lipinski definition) is 0. The molecule has 26 heavy (non-hydrogen) atoms. The summed E-state index contributed by atoms with van der Waals surface area (Å²) in [6.45, 7) is 2.38. The van der Waals surface area contributed by atoms with Gasteiger partial charge in [0, 0.05) is 0 Å². The van der Waals surface area contributed by atoms with Gasteiger partial charge < -0.3 is 0 Å². The molecule has 2 fully saturated rings. The van der Waals surface area contributed by atoms with Crippen LogP contribution >= 0.6 is 0 Å². The molecule has 0 unspecified atom stereocenters. The molecular formula is C23H33F3. The molecule has 2 aliphatic carbocycles. The highest BCUT2D eigenvalue weighted by atomic mass is 19.2. The first-order valence-electron chi connectivity index (χ1n) is 10.6. The van der Waals surface area contributed by atoms with Crippen molar-refractivity contribution in [3.05, 3.63) is 35.1 Å². The fourth-order valence-electron chi connectivity index (χ4n) is 5.02. The highest BCUT2D eigenvalue weighted by molar-refractivity contribution is 5.19. The molecule has 1 aromatic carbocycles. The maximum atomic E-state index is 13.3. The molecule has 0 atom stereocenters. The predicted octanol–water partition coefficient (Wildman–Crippen LogP) is 7.45. The summed E-state index contributed by atoms with van der Waals surface area (Å²) in [6.07, 6.45) is 15.2. The standard InChI is InChI=1S/C23H33F3/c1-16-2-4-17(5-3-16)6-7-18-8-10-19(11-9-18)12-13-20-14-21(24)23(26)22(25)15-20/h14-19H,2-13H2,1H3/t16-,17-,18-,19-. The molecule has 0 aromatic heterocycles. The van der Waals surface area contributed by atoms with Crippen LogP contribution in [0.2, 0.25) is 0 Å². The summed E-state index contributed by atoms with van der Waals surface area (Å²) < 4.78 is 39.6. The number of hydrogen-bond donors (Lipinski definition) is 0. The smallest absolute Gasteiger partial charge is 0.194 e. The Bertz CT molecular complexity index is 544. The van der Waals surface area contributed by atoms with Crippen molar-refractivity contribution in [2.45, 2.75) is 84.0 Å². The first-order chi connectivity index (χ1) is 12.5. The largest absolute Gasteiger partial charge is 0.204 e. The van der Waals surface area contributed by atoms with Crippen LogP contribution in [0.3, 0.4) is 0 Å². The minimum Gasteiger partial charge on any atom is -0.204 e. The van der Waals surface area contributed by atoms with Gasteiger partial charge in [-0.3, -0.25) is 0 Å². The minimum atomic E-state index is -1.36. The van der Waals surface area contributed by atoms with E-state index in [0.717, 1.165) is 36.3 Å². The Balaban J connectivity index is 1.35. The number of benzene rings is 1. The van der Waals surface area contributed by atoms with E-state index in [2.05, 4.69) is 6.92 Å². The van der Waals surface area contributed by atoms with Crippen LogP contribution in [-0.2, 0) is 6.42 Å². The highest BCUT2D eigenvalue weighted by Gasteiger charge is 2.24. The fourth-order valence-corrected chi connectivity index (χ4v) is 5.02. The zero-order valence-electron chi connectivity index (χ0n) is 16.1. The van der Waals surface area contributed by atoms with Crippen LogP contribution in [0.1, 0.15) is 83.1 Å². The van der Waals surface area contributed by atoms with Crippen molar-refractivity contribution >= 4 is 0 Å². The van der Waals surface area contributed by atoms with Gasteiger partial charge in [0.15, 0.2) is 17.5 Å². The van der Waals surface area contributed by atoms with Gasteiger partial charge in [0.1, 0.15) is 0 Å². The third kappa shape index (κ3) is 5.50. The summed E-state index contributed by atoms with van der Waals surface area (Å²) in [4.78, 5) is 0. The van der Waals surface area contributed by atoms with Gasteiger partial charge in [0.2, 0.25) is 0 Å². The lowest BCUT2D eigenvalue weighted by Gasteiger charge is -2.31. The Morgan fingerprint density at radius 3 is 1.62 bits per heavy atom. The molecule has 3 rings (SSSR count). The third-order valence-corrected chi connectivity index (χ3v) is 6.97. The quantitative estimate of drug-likeness (QED) is 0.459. The SMILES string of the molecule is C[C@H]1CC[C@H](CC[C@H]2CC[C@H](CCc3cc(F)c(F)c(F)c3)CC2)CC1. The van der Waals surface area contributed by atoms with Crippen molar-refractivity contribution in [2.24, 2.45) is 23.7 Å². The molecule has 146 valence electrons. The molecule has 0 nitrogen and oxygen atoms in total. The molecule has 0 spiro atoms. The Labute approximate surface area is 156 Å². The number of halogens is 3. The molecule has 0 heterocycles. The van der Waals surface area contributed by atoms with Crippen LogP contribution in [0.15, 0.2) is 12.1 Å². The summed E-state index contributed by atoms with van der Waals surface area (Å²) in [5, 5.41) is 0. The molecule has 0 bridgehead atoms. The van der Waals surface area contributed by atoms with Crippen molar-refractivity contribution in [1.29, 1.82) is 0 Å². The second kappa shape index (κ2) is 9.28. The van der Waals surface area contributed by atoms with Crippen LogP contribution in [0, 0.1) is 41.1 Å². The van der Waals surface area contributed by atoms with Crippen molar-refractivity contribution in [3.8, 4) is 0 Å².